The summed E-state index contributed by atoms with van der Waals surface area (Å²) in [4.78, 5) is 40.0. The lowest BCUT2D eigenvalue weighted by Gasteiger charge is -2.42. The third-order valence-electron chi connectivity index (χ3n) is 3.76. The van der Waals surface area contributed by atoms with E-state index in [9.17, 15) is 14.4 Å². The molecule has 0 spiro atoms. The molecule has 106 valence electrons. The Labute approximate surface area is 120 Å². The Morgan fingerprint density at radius 3 is 2.90 bits per heavy atom. The molecule has 0 unspecified atom stereocenters. The van der Waals surface area contributed by atoms with Crippen molar-refractivity contribution < 1.29 is 14.4 Å². The number of thiophene rings is 1. The van der Waals surface area contributed by atoms with Gasteiger partial charge in [0.2, 0.25) is 11.8 Å². The Morgan fingerprint density at radius 1 is 1.40 bits per heavy atom. The van der Waals surface area contributed by atoms with Crippen molar-refractivity contribution in [3.05, 3.63) is 21.9 Å². The van der Waals surface area contributed by atoms with Crippen molar-refractivity contribution in [1.82, 2.24) is 15.1 Å². The predicted octanol–water partition coefficient (Wildman–Crippen LogP) is -0.161. The first-order valence-electron chi connectivity index (χ1n) is 6.48. The molecule has 0 aliphatic carbocycles. The van der Waals surface area contributed by atoms with Crippen LogP contribution in [0.4, 0.5) is 0 Å². The summed E-state index contributed by atoms with van der Waals surface area (Å²) < 4.78 is 0. The molecule has 1 atom stereocenters. The molecule has 2 saturated heterocycles. The smallest absolute Gasteiger partial charge is 0.264 e. The molecule has 3 heterocycles. The molecule has 1 N–H and O–H groups in total. The molecule has 20 heavy (non-hydrogen) atoms. The van der Waals surface area contributed by atoms with Gasteiger partial charge >= 0.3 is 0 Å². The highest BCUT2D eigenvalue weighted by atomic mass is 32.1. The number of nitrogens with one attached hydrogen (secondary N) is 1. The van der Waals surface area contributed by atoms with Gasteiger partial charge in [-0.25, -0.2) is 0 Å². The van der Waals surface area contributed by atoms with Gasteiger partial charge in [0, 0.05) is 13.1 Å². The summed E-state index contributed by atoms with van der Waals surface area (Å²) in [6, 6.07) is 1.36. The van der Waals surface area contributed by atoms with E-state index in [0.29, 0.717) is 18.0 Å². The Morgan fingerprint density at radius 2 is 2.20 bits per heavy atom. The molecule has 2 aliphatic heterocycles. The molecule has 2 fully saturated rings. The van der Waals surface area contributed by atoms with Crippen LogP contribution in [0.5, 0.6) is 0 Å². The molecule has 1 aromatic rings. The number of nitrogens with zero attached hydrogens (tertiary/aromatic N) is 2. The number of carbonyl (C=O) groups excluding carboxylic acids is 3. The highest BCUT2D eigenvalue weighted by Crippen LogP contribution is 2.21. The minimum Gasteiger partial charge on any atom is -0.345 e. The molecule has 0 aromatic carbocycles. The first kappa shape index (κ1) is 13.1. The number of amides is 3. The average Bonchev–Trinajstić information content (AvgIpc) is 2.88. The molecule has 2 aliphatic rings. The lowest BCUT2D eigenvalue weighted by Crippen LogP contribution is -2.66. The number of hydrogen-bond donors (Lipinski definition) is 1. The van der Waals surface area contributed by atoms with Crippen LogP contribution in [0.2, 0.25) is 0 Å². The fraction of sp³-hybridized carbons (Fsp3) is 0.462. The van der Waals surface area contributed by atoms with Gasteiger partial charge in [0.1, 0.15) is 6.04 Å². The Hall–Kier alpha value is -1.89. The Balaban J connectivity index is 1.78. The van der Waals surface area contributed by atoms with Crippen LogP contribution in [0, 0.1) is 6.92 Å². The summed E-state index contributed by atoms with van der Waals surface area (Å²) >= 11 is 1.41. The maximum atomic E-state index is 12.4. The number of carbonyl (C=O) groups is 3. The molecule has 0 bridgehead atoms. The van der Waals surface area contributed by atoms with Crippen molar-refractivity contribution in [2.75, 3.05) is 26.2 Å². The Bertz CT molecular complexity index is 583. The normalized spacial score (nSPS) is 22.6. The van der Waals surface area contributed by atoms with E-state index in [2.05, 4.69) is 5.32 Å². The Kier molecular flexibility index (Phi) is 3.21. The minimum absolute atomic E-state index is 0.0528. The van der Waals surface area contributed by atoms with E-state index in [0.717, 1.165) is 5.56 Å². The van der Waals surface area contributed by atoms with Gasteiger partial charge in [-0.3, -0.25) is 14.4 Å². The summed E-state index contributed by atoms with van der Waals surface area (Å²) in [5, 5.41) is 4.46. The van der Waals surface area contributed by atoms with Crippen LogP contribution < -0.4 is 5.32 Å². The van der Waals surface area contributed by atoms with Crippen molar-refractivity contribution in [3.63, 3.8) is 0 Å². The van der Waals surface area contributed by atoms with Gasteiger partial charge in [-0.2, -0.15) is 0 Å². The third-order valence-corrected chi connectivity index (χ3v) is 4.77. The van der Waals surface area contributed by atoms with E-state index < -0.39 is 6.04 Å². The lowest BCUT2D eigenvalue weighted by molar-refractivity contribution is -0.148. The largest absolute Gasteiger partial charge is 0.345 e. The van der Waals surface area contributed by atoms with Crippen LogP contribution in [0.15, 0.2) is 11.4 Å². The van der Waals surface area contributed by atoms with Crippen molar-refractivity contribution in [1.29, 1.82) is 0 Å². The zero-order valence-electron chi connectivity index (χ0n) is 11.1. The van der Waals surface area contributed by atoms with Gasteiger partial charge in [-0.15, -0.1) is 11.3 Å². The second-order valence-electron chi connectivity index (χ2n) is 5.00. The fourth-order valence-corrected chi connectivity index (χ4v) is 3.50. The molecule has 3 rings (SSSR count). The van der Waals surface area contributed by atoms with E-state index in [1.165, 1.54) is 11.3 Å². The summed E-state index contributed by atoms with van der Waals surface area (Å²) in [5.41, 5.74) is 0.951. The molecule has 0 radical (unpaired) electrons. The van der Waals surface area contributed by atoms with Gasteiger partial charge in [0.25, 0.3) is 5.91 Å². The maximum Gasteiger partial charge on any atom is 0.264 e. The zero-order chi connectivity index (χ0) is 14.3. The topological polar surface area (TPSA) is 69.7 Å². The number of fused-ring (bicyclic) bond motifs is 1. The lowest BCUT2D eigenvalue weighted by atomic mass is 10.1. The van der Waals surface area contributed by atoms with E-state index in [1.807, 2.05) is 18.4 Å². The number of hydrogen-bond acceptors (Lipinski definition) is 4. The van der Waals surface area contributed by atoms with Crippen molar-refractivity contribution in [2.45, 2.75) is 13.0 Å². The van der Waals surface area contributed by atoms with Gasteiger partial charge in [-0.1, -0.05) is 0 Å². The van der Waals surface area contributed by atoms with Crippen LogP contribution in [0.3, 0.4) is 0 Å². The molecular weight excluding hydrogens is 278 g/mol. The summed E-state index contributed by atoms with van der Waals surface area (Å²) in [6.45, 7) is 3.14. The van der Waals surface area contributed by atoms with Gasteiger partial charge in [0.05, 0.1) is 18.0 Å². The summed E-state index contributed by atoms with van der Waals surface area (Å²) in [5.74, 6) is -0.304. The second-order valence-corrected chi connectivity index (χ2v) is 5.92. The number of piperazine rings is 2. The number of rotatable bonds is 1. The maximum absolute atomic E-state index is 12.4. The first-order valence-corrected chi connectivity index (χ1v) is 7.36. The molecule has 1 aromatic heterocycles. The van der Waals surface area contributed by atoms with E-state index >= 15 is 0 Å². The van der Waals surface area contributed by atoms with Crippen LogP contribution in [-0.2, 0) is 9.59 Å². The second kappa shape index (κ2) is 4.90. The first-order chi connectivity index (χ1) is 9.58. The predicted molar refractivity (Wildman–Crippen MR) is 73.5 cm³/mol. The standard InChI is InChI=1S/C13H15N3O3S/c1-8-2-5-20-11(8)13(19)15-3-4-16-9(7-15)12(18)14-6-10(16)17/h2,5,9H,3-4,6-7H2,1H3,(H,14,18)/t9-/m1/s1. The molecular formula is C13H15N3O3S. The minimum atomic E-state index is -0.547. The van der Waals surface area contributed by atoms with E-state index in [4.69, 9.17) is 0 Å². The zero-order valence-corrected chi connectivity index (χ0v) is 11.9. The van der Waals surface area contributed by atoms with Crippen LogP contribution in [0.1, 0.15) is 15.2 Å². The molecule has 0 saturated carbocycles. The molecule has 6 nitrogen and oxygen atoms in total. The van der Waals surface area contributed by atoms with E-state index in [1.54, 1.807) is 9.80 Å². The van der Waals surface area contributed by atoms with Crippen molar-refractivity contribution >= 4 is 29.1 Å². The van der Waals surface area contributed by atoms with Crippen LogP contribution in [0.25, 0.3) is 0 Å². The number of aryl methyl sites for hydroxylation is 1. The van der Waals surface area contributed by atoms with Crippen molar-refractivity contribution in [2.24, 2.45) is 0 Å². The van der Waals surface area contributed by atoms with Gasteiger partial charge in [-0.05, 0) is 23.9 Å². The van der Waals surface area contributed by atoms with E-state index in [-0.39, 0.29) is 30.8 Å². The summed E-state index contributed by atoms with van der Waals surface area (Å²) in [7, 11) is 0. The van der Waals surface area contributed by atoms with Crippen molar-refractivity contribution in [3.8, 4) is 0 Å². The highest BCUT2D eigenvalue weighted by molar-refractivity contribution is 7.12. The van der Waals surface area contributed by atoms with Gasteiger partial charge < -0.3 is 15.1 Å². The SMILES string of the molecule is Cc1ccsc1C(=O)N1CCN2C(=O)CNC(=O)[C@H]2C1. The molecule has 7 heteroatoms. The average molecular weight is 293 g/mol. The highest BCUT2D eigenvalue weighted by Gasteiger charge is 2.40. The van der Waals surface area contributed by atoms with Gasteiger partial charge in [0.15, 0.2) is 0 Å². The quantitative estimate of drug-likeness (QED) is 0.782. The fourth-order valence-electron chi connectivity index (χ4n) is 2.61. The third kappa shape index (κ3) is 2.07. The molecule has 3 amide bonds. The monoisotopic (exact) mass is 293 g/mol. The van der Waals surface area contributed by atoms with Crippen LogP contribution >= 0.6 is 11.3 Å². The summed E-state index contributed by atoms with van der Waals surface area (Å²) in [6.07, 6.45) is 0. The van der Waals surface area contributed by atoms with Crippen LogP contribution in [-0.4, -0.2) is 59.7 Å².